The lowest BCUT2D eigenvalue weighted by molar-refractivity contribution is -0.133. The quantitative estimate of drug-likeness (QED) is 0.864. The highest BCUT2D eigenvalue weighted by atomic mass is 35.5. The van der Waals surface area contributed by atoms with Gasteiger partial charge in [0.25, 0.3) is 0 Å². The number of amides is 1. The van der Waals surface area contributed by atoms with Gasteiger partial charge in [-0.25, -0.2) is 0 Å². The molecule has 0 bridgehead atoms. The molecule has 0 spiro atoms. The van der Waals surface area contributed by atoms with Crippen LogP contribution in [0.1, 0.15) is 25.1 Å². The van der Waals surface area contributed by atoms with Crippen molar-refractivity contribution in [2.75, 3.05) is 26.2 Å². The number of carbonyl (C=O) groups is 1. The van der Waals surface area contributed by atoms with Gasteiger partial charge in [-0.1, -0.05) is 5.16 Å². The highest BCUT2D eigenvalue weighted by Gasteiger charge is 2.22. The summed E-state index contributed by atoms with van der Waals surface area (Å²) in [5, 5.41) is 3.88. The van der Waals surface area contributed by atoms with Crippen molar-refractivity contribution in [1.82, 2.24) is 19.9 Å². The van der Waals surface area contributed by atoms with Gasteiger partial charge in [0.2, 0.25) is 11.8 Å². The Morgan fingerprint density at radius 3 is 2.43 bits per heavy atom. The van der Waals surface area contributed by atoms with Gasteiger partial charge in [-0.05, 0) is 6.92 Å². The SMILES string of the molecule is Cc1nc(CN2CCN(C(=O)CC(C)N)CC2)no1.Cl.Cl. The maximum atomic E-state index is 11.9. The second-order valence-corrected chi connectivity index (χ2v) is 5.07. The first-order valence-electron chi connectivity index (χ1n) is 6.59. The van der Waals surface area contributed by atoms with Gasteiger partial charge in [0.05, 0.1) is 6.54 Å². The first-order chi connectivity index (χ1) is 9.04. The monoisotopic (exact) mass is 339 g/mol. The van der Waals surface area contributed by atoms with Gasteiger partial charge in [-0.3, -0.25) is 9.69 Å². The average molecular weight is 340 g/mol. The second-order valence-electron chi connectivity index (χ2n) is 5.07. The number of rotatable bonds is 4. The number of hydrogen-bond donors (Lipinski definition) is 1. The fourth-order valence-electron chi connectivity index (χ4n) is 2.17. The standard InChI is InChI=1S/C12H21N5O2.2ClH/c1-9(13)7-12(18)17-5-3-16(4-6-17)8-11-14-10(2)19-15-11;;/h9H,3-8,13H2,1-2H3;2*1H. The molecular formula is C12H23Cl2N5O2. The summed E-state index contributed by atoms with van der Waals surface area (Å²) in [6.07, 6.45) is 0.421. The molecule has 122 valence electrons. The fourth-order valence-corrected chi connectivity index (χ4v) is 2.17. The lowest BCUT2D eigenvalue weighted by atomic mass is 10.2. The molecule has 1 atom stereocenters. The third kappa shape index (κ3) is 6.17. The van der Waals surface area contributed by atoms with Crippen LogP contribution in [0.3, 0.4) is 0 Å². The summed E-state index contributed by atoms with van der Waals surface area (Å²) in [7, 11) is 0. The molecule has 1 fully saturated rings. The van der Waals surface area contributed by atoms with E-state index in [-0.39, 0.29) is 36.8 Å². The Kier molecular flexibility index (Phi) is 8.80. The van der Waals surface area contributed by atoms with E-state index in [1.807, 2.05) is 11.8 Å². The molecule has 2 N–H and O–H groups in total. The normalized spacial score (nSPS) is 16.8. The van der Waals surface area contributed by atoms with Crippen LogP contribution in [0.25, 0.3) is 0 Å². The second kappa shape index (κ2) is 9.19. The molecule has 1 saturated heterocycles. The highest BCUT2D eigenvalue weighted by Crippen LogP contribution is 2.08. The lowest BCUT2D eigenvalue weighted by Crippen LogP contribution is -2.49. The van der Waals surface area contributed by atoms with Crippen LogP contribution in [-0.4, -0.2) is 58.1 Å². The maximum Gasteiger partial charge on any atom is 0.224 e. The number of carbonyl (C=O) groups excluding carboxylic acids is 1. The Morgan fingerprint density at radius 1 is 1.33 bits per heavy atom. The van der Waals surface area contributed by atoms with Crippen LogP contribution in [-0.2, 0) is 11.3 Å². The van der Waals surface area contributed by atoms with Gasteiger partial charge in [0, 0.05) is 45.6 Å². The Morgan fingerprint density at radius 2 is 1.95 bits per heavy atom. The van der Waals surface area contributed by atoms with Crippen molar-refractivity contribution in [3.63, 3.8) is 0 Å². The van der Waals surface area contributed by atoms with Crippen molar-refractivity contribution in [1.29, 1.82) is 0 Å². The summed E-state index contributed by atoms with van der Waals surface area (Å²) in [4.78, 5) is 20.1. The Hall–Kier alpha value is -0.890. The number of halogens is 2. The van der Waals surface area contributed by atoms with Crippen LogP contribution in [0.2, 0.25) is 0 Å². The van der Waals surface area contributed by atoms with E-state index in [9.17, 15) is 4.79 Å². The zero-order valence-electron chi connectivity index (χ0n) is 12.3. The summed E-state index contributed by atoms with van der Waals surface area (Å²) in [5.74, 6) is 1.43. The number of nitrogens with two attached hydrogens (primary N) is 1. The van der Waals surface area contributed by atoms with Crippen molar-refractivity contribution in [2.24, 2.45) is 5.73 Å². The predicted molar refractivity (Wildman–Crippen MR) is 83.7 cm³/mol. The van der Waals surface area contributed by atoms with Gasteiger partial charge >= 0.3 is 0 Å². The van der Waals surface area contributed by atoms with E-state index in [1.165, 1.54) is 0 Å². The van der Waals surface area contributed by atoms with E-state index >= 15 is 0 Å². The molecule has 1 aliphatic rings. The molecule has 0 radical (unpaired) electrons. The summed E-state index contributed by atoms with van der Waals surface area (Å²) in [5.41, 5.74) is 5.65. The van der Waals surface area contributed by atoms with Crippen molar-refractivity contribution in [3.05, 3.63) is 11.7 Å². The number of nitrogens with zero attached hydrogens (tertiary/aromatic N) is 4. The molecule has 0 aliphatic carbocycles. The van der Waals surface area contributed by atoms with Crippen LogP contribution < -0.4 is 5.73 Å². The topological polar surface area (TPSA) is 88.5 Å². The minimum absolute atomic E-state index is 0. The Labute approximate surface area is 137 Å². The van der Waals surface area contributed by atoms with Crippen LogP contribution in [0.15, 0.2) is 4.52 Å². The number of piperazine rings is 1. The highest BCUT2D eigenvalue weighted by molar-refractivity contribution is 5.85. The number of aromatic nitrogens is 2. The van der Waals surface area contributed by atoms with E-state index in [0.29, 0.717) is 24.7 Å². The van der Waals surface area contributed by atoms with Crippen molar-refractivity contribution in [2.45, 2.75) is 32.9 Å². The van der Waals surface area contributed by atoms with Crippen molar-refractivity contribution in [3.8, 4) is 0 Å². The van der Waals surface area contributed by atoms with E-state index < -0.39 is 0 Å². The summed E-state index contributed by atoms with van der Waals surface area (Å²) < 4.78 is 4.94. The molecule has 0 saturated carbocycles. The summed E-state index contributed by atoms with van der Waals surface area (Å²) in [6, 6.07) is -0.0761. The van der Waals surface area contributed by atoms with Gasteiger partial charge in [0.15, 0.2) is 5.82 Å². The maximum absolute atomic E-state index is 11.9. The molecule has 0 aromatic carbocycles. The molecule has 2 heterocycles. The minimum Gasteiger partial charge on any atom is -0.340 e. The van der Waals surface area contributed by atoms with Crippen molar-refractivity contribution >= 4 is 30.7 Å². The smallest absolute Gasteiger partial charge is 0.224 e. The molecule has 2 rings (SSSR count). The van der Waals surface area contributed by atoms with E-state index in [1.54, 1.807) is 6.92 Å². The summed E-state index contributed by atoms with van der Waals surface area (Å²) in [6.45, 7) is 7.45. The van der Waals surface area contributed by atoms with Crippen LogP contribution in [0.5, 0.6) is 0 Å². The van der Waals surface area contributed by atoms with Gasteiger partial charge in [0.1, 0.15) is 0 Å². The lowest BCUT2D eigenvalue weighted by Gasteiger charge is -2.34. The minimum atomic E-state index is -0.0761. The first-order valence-corrected chi connectivity index (χ1v) is 6.59. The summed E-state index contributed by atoms with van der Waals surface area (Å²) >= 11 is 0. The van der Waals surface area contributed by atoms with Gasteiger partial charge in [-0.2, -0.15) is 4.98 Å². The van der Waals surface area contributed by atoms with E-state index in [2.05, 4.69) is 15.0 Å². The zero-order valence-corrected chi connectivity index (χ0v) is 14.0. The van der Waals surface area contributed by atoms with Crippen LogP contribution >= 0.6 is 24.8 Å². The molecule has 1 unspecified atom stereocenters. The molecule has 21 heavy (non-hydrogen) atoms. The Balaban J connectivity index is 0.00000200. The fraction of sp³-hybridized carbons (Fsp3) is 0.750. The molecule has 1 aromatic rings. The molecule has 7 nitrogen and oxygen atoms in total. The van der Waals surface area contributed by atoms with Gasteiger partial charge < -0.3 is 15.2 Å². The van der Waals surface area contributed by atoms with Gasteiger partial charge in [-0.15, -0.1) is 24.8 Å². The molecule has 1 amide bonds. The third-order valence-corrected chi connectivity index (χ3v) is 3.16. The molecule has 9 heteroatoms. The van der Waals surface area contributed by atoms with Crippen molar-refractivity contribution < 1.29 is 9.32 Å². The molecule has 1 aromatic heterocycles. The van der Waals surface area contributed by atoms with Crippen LogP contribution in [0.4, 0.5) is 0 Å². The van der Waals surface area contributed by atoms with Crippen LogP contribution in [0, 0.1) is 6.92 Å². The number of hydrogen-bond acceptors (Lipinski definition) is 6. The Bertz CT molecular complexity index is 433. The zero-order chi connectivity index (χ0) is 13.8. The molecular weight excluding hydrogens is 317 g/mol. The van der Waals surface area contributed by atoms with E-state index in [4.69, 9.17) is 10.3 Å². The largest absolute Gasteiger partial charge is 0.340 e. The average Bonchev–Trinajstić information content (AvgIpc) is 2.75. The third-order valence-electron chi connectivity index (χ3n) is 3.16. The predicted octanol–water partition coefficient (Wildman–Crippen LogP) is 0.603. The number of aryl methyl sites for hydroxylation is 1. The first kappa shape index (κ1) is 20.1. The van der Waals surface area contributed by atoms with E-state index in [0.717, 1.165) is 26.2 Å². The molecule has 1 aliphatic heterocycles.